The van der Waals surface area contributed by atoms with E-state index in [9.17, 15) is 4.79 Å². The van der Waals surface area contributed by atoms with Crippen LogP contribution >= 0.6 is 0 Å². The fraction of sp³-hybridized carbons (Fsp3) is 0.250. The van der Waals surface area contributed by atoms with E-state index in [0.717, 1.165) is 5.69 Å². The molecule has 2 heterocycles. The molecule has 7 nitrogen and oxygen atoms in total. The first-order valence-corrected chi connectivity index (χ1v) is 4.28. The SMILES string of the molecule is COC(=O)Cn1nnnc1-c1ccc[nH]1. The van der Waals surface area contributed by atoms with E-state index in [-0.39, 0.29) is 6.54 Å². The number of aromatic amines is 1. The van der Waals surface area contributed by atoms with Crippen LogP contribution in [0.5, 0.6) is 0 Å². The van der Waals surface area contributed by atoms with Gasteiger partial charge in [-0.15, -0.1) is 5.10 Å². The van der Waals surface area contributed by atoms with Crippen molar-refractivity contribution in [2.45, 2.75) is 6.54 Å². The normalized spacial score (nSPS) is 10.2. The Kier molecular flexibility index (Phi) is 2.44. The van der Waals surface area contributed by atoms with Crippen LogP contribution < -0.4 is 0 Å². The van der Waals surface area contributed by atoms with Gasteiger partial charge in [-0.1, -0.05) is 0 Å². The van der Waals surface area contributed by atoms with Crippen LogP contribution in [0.4, 0.5) is 0 Å². The predicted octanol–water partition coefficient (Wildman–Crippen LogP) is -0.159. The van der Waals surface area contributed by atoms with Crippen LogP contribution in [0.2, 0.25) is 0 Å². The second-order valence-corrected chi connectivity index (χ2v) is 2.82. The zero-order valence-corrected chi connectivity index (χ0v) is 8.04. The Morgan fingerprint density at radius 3 is 3.20 bits per heavy atom. The molecule has 0 saturated heterocycles. The number of tetrazole rings is 1. The number of methoxy groups -OCH3 is 1. The van der Waals surface area contributed by atoms with E-state index < -0.39 is 5.97 Å². The summed E-state index contributed by atoms with van der Waals surface area (Å²) in [5, 5.41) is 11.0. The molecule has 0 aliphatic carbocycles. The number of esters is 1. The zero-order valence-electron chi connectivity index (χ0n) is 8.04. The maximum atomic E-state index is 11.1. The van der Waals surface area contributed by atoms with Gasteiger partial charge in [0.15, 0.2) is 5.82 Å². The van der Waals surface area contributed by atoms with Crippen molar-refractivity contribution in [3.8, 4) is 11.5 Å². The first kappa shape index (κ1) is 9.38. The van der Waals surface area contributed by atoms with Crippen LogP contribution in [-0.4, -0.2) is 38.3 Å². The van der Waals surface area contributed by atoms with Crippen LogP contribution in [0.3, 0.4) is 0 Å². The largest absolute Gasteiger partial charge is 0.468 e. The molecule has 78 valence electrons. The Morgan fingerprint density at radius 1 is 1.67 bits per heavy atom. The third kappa shape index (κ3) is 1.85. The number of nitrogens with one attached hydrogen (secondary N) is 1. The number of hydrogen-bond donors (Lipinski definition) is 1. The van der Waals surface area contributed by atoms with Crippen LogP contribution in [0.1, 0.15) is 0 Å². The van der Waals surface area contributed by atoms with Crippen molar-refractivity contribution >= 4 is 5.97 Å². The molecule has 0 aromatic carbocycles. The molecule has 0 aliphatic heterocycles. The van der Waals surface area contributed by atoms with Crippen LogP contribution in [-0.2, 0) is 16.1 Å². The zero-order chi connectivity index (χ0) is 10.7. The molecule has 0 spiro atoms. The molecule has 1 N–H and O–H groups in total. The van der Waals surface area contributed by atoms with Crippen molar-refractivity contribution in [3.05, 3.63) is 18.3 Å². The first-order valence-electron chi connectivity index (χ1n) is 4.28. The predicted molar refractivity (Wildman–Crippen MR) is 49.6 cm³/mol. The highest BCUT2D eigenvalue weighted by atomic mass is 16.5. The number of H-pyrrole nitrogens is 1. The van der Waals surface area contributed by atoms with Gasteiger partial charge in [-0.05, 0) is 22.6 Å². The van der Waals surface area contributed by atoms with Crippen LogP contribution in [0.15, 0.2) is 18.3 Å². The summed E-state index contributed by atoms with van der Waals surface area (Å²) in [6.07, 6.45) is 1.76. The standard InChI is InChI=1S/C8H9N5O2/c1-15-7(14)5-13-8(10-11-12-13)6-3-2-4-9-6/h2-4,9H,5H2,1H3. The van der Waals surface area contributed by atoms with Crippen LogP contribution in [0.25, 0.3) is 11.5 Å². The number of ether oxygens (including phenoxy) is 1. The average molecular weight is 207 g/mol. The van der Waals surface area contributed by atoms with Gasteiger partial charge in [-0.3, -0.25) is 4.79 Å². The fourth-order valence-corrected chi connectivity index (χ4v) is 1.16. The molecule has 2 rings (SSSR count). The summed E-state index contributed by atoms with van der Waals surface area (Å²) >= 11 is 0. The molecule has 0 saturated carbocycles. The van der Waals surface area contributed by atoms with Crippen molar-refractivity contribution in [2.24, 2.45) is 0 Å². The third-order valence-electron chi connectivity index (χ3n) is 1.88. The molecule has 0 aliphatic rings. The third-order valence-corrected chi connectivity index (χ3v) is 1.88. The first-order chi connectivity index (χ1) is 7.31. The number of carbonyl (C=O) groups is 1. The van der Waals surface area contributed by atoms with Gasteiger partial charge < -0.3 is 9.72 Å². The average Bonchev–Trinajstić information content (AvgIpc) is 2.86. The summed E-state index contributed by atoms with van der Waals surface area (Å²) in [7, 11) is 1.32. The summed E-state index contributed by atoms with van der Waals surface area (Å²) in [4.78, 5) is 14.0. The topological polar surface area (TPSA) is 85.7 Å². The van der Waals surface area contributed by atoms with Crippen LogP contribution in [0, 0.1) is 0 Å². The molecule has 0 amide bonds. The van der Waals surface area contributed by atoms with Gasteiger partial charge in [0, 0.05) is 6.20 Å². The monoisotopic (exact) mass is 207 g/mol. The lowest BCUT2D eigenvalue weighted by atomic mass is 10.4. The Bertz CT molecular complexity index is 447. The molecule has 0 fully saturated rings. The molecular formula is C8H9N5O2. The molecule has 2 aromatic rings. The molecular weight excluding hydrogens is 198 g/mol. The van der Waals surface area contributed by atoms with E-state index in [0.29, 0.717) is 5.82 Å². The van der Waals surface area contributed by atoms with Crippen molar-refractivity contribution < 1.29 is 9.53 Å². The molecule has 0 unspecified atom stereocenters. The van der Waals surface area contributed by atoms with Crippen molar-refractivity contribution in [2.75, 3.05) is 7.11 Å². The number of carbonyl (C=O) groups excluding carboxylic acids is 1. The van der Waals surface area contributed by atoms with Gasteiger partial charge in [0.1, 0.15) is 6.54 Å². The van der Waals surface area contributed by atoms with Crippen molar-refractivity contribution in [1.82, 2.24) is 25.2 Å². The molecule has 15 heavy (non-hydrogen) atoms. The lowest BCUT2D eigenvalue weighted by molar-refractivity contribution is -0.141. The highest BCUT2D eigenvalue weighted by Crippen LogP contribution is 2.11. The Labute approximate surface area is 85.1 Å². The lowest BCUT2D eigenvalue weighted by Gasteiger charge is -2.00. The van der Waals surface area contributed by atoms with Gasteiger partial charge in [0.25, 0.3) is 0 Å². The second-order valence-electron chi connectivity index (χ2n) is 2.82. The number of nitrogens with zero attached hydrogens (tertiary/aromatic N) is 4. The minimum Gasteiger partial charge on any atom is -0.468 e. The number of hydrogen-bond acceptors (Lipinski definition) is 5. The van der Waals surface area contributed by atoms with E-state index in [2.05, 4.69) is 25.2 Å². The highest BCUT2D eigenvalue weighted by Gasteiger charge is 2.12. The molecule has 2 aromatic heterocycles. The number of aromatic nitrogens is 5. The van der Waals surface area contributed by atoms with Gasteiger partial charge >= 0.3 is 5.97 Å². The highest BCUT2D eigenvalue weighted by molar-refractivity contribution is 5.69. The van der Waals surface area contributed by atoms with E-state index >= 15 is 0 Å². The molecule has 7 heteroatoms. The van der Waals surface area contributed by atoms with Crippen molar-refractivity contribution in [3.63, 3.8) is 0 Å². The maximum absolute atomic E-state index is 11.1. The molecule has 0 bridgehead atoms. The summed E-state index contributed by atoms with van der Waals surface area (Å²) in [5.41, 5.74) is 0.754. The van der Waals surface area contributed by atoms with Gasteiger partial charge in [-0.25, -0.2) is 4.68 Å². The minimum absolute atomic E-state index is 0.00213. The second kappa shape index (κ2) is 3.91. The summed E-state index contributed by atoms with van der Waals surface area (Å²) in [6.45, 7) is -0.00213. The van der Waals surface area contributed by atoms with Gasteiger partial charge in [0.2, 0.25) is 0 Å². The quantitative estimate of drug-likeness (QED) is 0.707. The minimum atomic E-state index is -0.393. The fourth-order valence-electron chi connectivity index (χ4n) is 1.16. The molecule has 0 atom stereocenters. The Hall–Kier alpha value is -2.18. The van der Waals surface area contributed by atoms with Crippen molar-refractivity contribution in [1.29, 1.82) is 0 Å². The van der Waals surface area contributed by atoms with Gasteiger partial charge in [0.05, 0.1) is 12.8 Å². The summed E-state index contributed by atoms with van der Waals surface area (Å²) < 4.78 is 5.90. The molecule has 0 radical (unpaired) electrons. The van der Waals surface area contributed by atoms with E-state index in [1.165, 1.54) is 11.8 Å². The van der Waals surface area contributed by atoms with E-state index in [1.807, 2.05) is 12.1 Å². The Balaban J connectivity index is 2.27. The smallest absolute Gasteiger partial charge is 0.327 e. The van der Waals surface area contributed by atoms with Gasteiger partial charge in [-0.2, -0.15) is 0 Å². The summed E-state index contributed by atoms with van der Waals surface area (Å²) in [6, 6.07) is 3.64. The number of rotatable bonds is 3. The van der Waals surface area contributed by atoms with E-state index in [1.54, 1.807) is 6.20 Å². The van der Waals surface area contributed by atoms with E-state index in [4.69, 9.17) is 0 Å². The lowest BCUT2D eigenvalue weighted by Crippen LogP contribution is -2.14. The Morgan fingerprint density at radius 2 is 2.53 bits per heavy atom. The summed E-state index contributed by atoms with van der Waals surface area (Å²) in [5.74, 6) is 0.112. The maximum Gasteiger partial charge on any atom is 0.327 e.